The van der Waals surface area contributed by atoms with Crippen LogP contribution in [0, 0.1) is 11.8 Å². The van der Waals surface area contributed by atoms with E-state index in [-0.39, 0.29) is 23.7 Å². The molecule has 28 heavy (non-hydrogen) atoms. The Morgan fingerprint density at radius 1 is 1.29 bits per heavy atom. The van der Waals surface area contributed by atoms with Crippen LogP contribution >= 0.6 is 0 Å². The van der Waals surface area contributed by atoms with Gasteiger partial charge >= 0.3 is 5.97 Å². The molecule has 1 aromatic heterocycles. The third-order valence-corrected chi connectivity index (χ3v) is 6.38. The lowest BCUT2D eigenvalue weighted by Crippen LogP contribution is -2.56. The van der Waals surface area contributed by atoms with E-state index < -0.39 is 5.60 Å². The SMILES string of the molecule is CC(C)(O)C1CN(c2ccc(C3CN(C(=O)CC[C@@H]4COC(=O)C4)C3)cn2)C1. The van der Waals surface area contributed by atoms with Crippen molar-refractivity contribution in [1.29, 1.82) is 0 Å². The van der Waals surface area contributed by atoms with Crippen LogP contribution in [0.4, 0.5) is 5.82 Å². The summed E-state index contributed by atoms with van der Waals surface area (Å²) in [4.78, 5) is 32.1. The monoisotopic (exact) mass is 387 g/mol. The number of cyclic esters (lactones) is 1. The van der Waals surface area contributed by atoms with Crippen molar-refractivity contribution in [2.75, 3.05) is 37.7 Å². The number of hydrogen-bond acceptors (Lipinski definition) is 6. The summed E-state index contributed by atoms with van der Waals surface area (Å²) in [5, 5.41) is 10.0. The number of nitrogens with zero attached hydrogens (tertiary/aromatic N) is 3. The van der Waals surface area contributed by atoms with Crippen molar-refractivity contribution in [1.82, 2.24) is 9.88 Å². The normalized spacial score (nSPS) is 23.4. The van der Waals surface area contributed by atoms with Gasteiger partial charge in [-0.05, 0) is 31.9 Å². The number of aliphatic hydroxyl groups is 1. The minimum absolute atomic E-state index is 0.147. The third-order valence-electron chi connectivity index (χ3n) is 6.38. The molecule has 0 spiro atoms. The molecule has 3 saturated heterocycles. The van der Waals surface area contributed by atoms with Gasteiger partial charge < -0.3 is 19.6 Å². The molecule has 0 unspecified atom stereocenters. The van der Waals surface area contributed by atoms with Crippen LogP contribution in [0.25, 0.3) is 0 Å². The lowest BCUT2D eigenvalue weighted by molar-refractivity contribution is -0.138. The minimum Gasteiger partial charge on any atom is -0.465 e. The molecule has 7 heteroatoms. The standard InChI is InChI=1S/C21H29N3O4/c1-21(2,27)17-11-23(12-17)18-5-4-15(8-22-18)16-9-24(10-16)19(25)6-3-14-7-20(26)28-13-14/h4-5,8,14,16-17,27H,3,6-7,9-13H2,1-2H3/t14-/m0/s1. The van der Waals surface area contributed by atoms with Crippen LogP contribution in [0.5, 0.6) is 0 Å². The molecule has 1 N–H and O–H groups in total. The number of anilines is 1. The molecule has 152 valence electrons. The summed E-state index contributed by atoms with van der Waals surface area (Å²) in [6, 6.07) is 4.14. The van der Waals surface area contributed by atoms with Crippen LogP contribution in [-0.2, 0) is 14.3 Å². The van der Waals surface area contributed by atoms with Crippen molar-refractivity contribution in [2.45, 2.75) is 44.6 Å². The summed E-state index contributed by atoms with van der Waals surface area (Å²) in [6.45, 7) is 7.32. The quantitative estimate of drug-likeness (QED) is 0.746. The first-order valence-electron chi connectivity index (χ1n) is 10.2. The molecular weight excluding hydrogens is 358 g/mol. The molecule has 0 bridgehead atoms. The van der Waals surface area contributed by atoms with E-state index in [1.165, 1.54) is 5.56 Å². The number of carbonyl (C=O) groups is 2. The zero-order valence-electron chi connectivity index (χ0n) is 16.6. The molecule has 0 aromatic carbocycles. The second kappa shape index (κ2) is 7.35. The lowest BCUT2D eigenvalue weighted by atomic mass is 9.84. The number of esters is 1. The summed E-state index contributed by atoms with van der Waals surface area (Å²) >= 11 is 0. The first-order chi connectivity index (χ1) is 13.3. The average Bonchev–Trinajstić information content (AvgIpc) is 2.96. The van der Waals surface area contributed by atoms with Gasteiger partial charge in [-0.25, -0.2) is 4.98 Å². The van der Waals surface area contributed by atoms with Gasteiger partial charge in [0.25, 0.3) is 0 Å². The number of amides is 1. The molecule has 3 aliphatic rings. The molecule has 4 rings (SSSR count). The van der Waals surface area contributed by atoms with Crippen LogP contribution in [0.15, 0.2) is 18.3 Å². The highest BCUT2D eigenvalue weighted by Gasteiger charge is 2.38. The number of ether oxygens (including phenoxy) is 1. The zero-order valence-corrected chi connectivity index (χ0v) is 16.6. The third kappa shape index (κ3) is 3.99. The van der Waals surface area contributed by atoms with Gasteiger partial charge in [-0.15, -0.1) is 0 Å². The Bertz CT molecular complexity index is 731. The fourth-order valence-corrected chi connectivity index (χ4v) is 4.07. The number of likely N-dealkylation sites (tertiary alicyclic amines) is 1. The van der Waals surface area contributed by atoms with E-state index in [4.69, 9.17) is 4.74 Å². The summed E-state index contributed by atoms with van der Waals surface area (Å²) < 4.78 is 4.95. The molecule has 1 amide bonds. The molecule has 0 saturated carbocycles. The maximum absolute atomic E-state index is 12.3. The van der Waals surface area contributed by atoms with Crippen molar-refractivity contribution >= 4 is 17.7 Å². The number of carbonyl (C=O) groups excluding carboxylic acids is 2. The fourth-order valence-electron chi connectivity index (χ4n) is 4.07. The van der Waals surface area contributed by atoms with Crippen LogP contribution < -0.4 is 4.90 Å². The van der Waals surface area contributed by atoms with Gasteiger partial charge in [0.2, 0.25) is 5.91 Å². The van der Waals surface area contributed by atoms with Crippen molar-refractivity contribution in [2.24, 2.45) is 11.8 Å². The van der Waals surface area contributed by atoms with Crippen LogP contribution in [-0.4, -0.2) is 65.3 Å². The van der Waals surface area contributed by atoms with Gasteiger partial charge in [-0.3, -0.25) is 9.59 Å². The maximum atomic E-state index is 12.3. The summed E-state index contributed by atoms with van der Waals surface area (Å²) in [5.41, 5.74) is 0.528. The Morgan fingerprint density at radius 2 is 2.04 bits per heavy atom. The fraction of sp³-hybridized carbons (Fsp3) is 0.667. The Hall–Kier alpha value is -2.15. The first kappa shape index (κ1) is 19.2. The van der Waals surface area contributed by atoms with E-state index in [0.29, 0.717) is 25.4 Å². The van der Waals surface area contributed by atoms with Crippen molar-refractivity contribution in [3.8, 4) is 0 Å². The first-order valence-corrected chi connectivity index (χ1v) is 10.2. The summed E-state index contributed by atoms with van der Waals surface area (Å²) in [6.07, 6.45) is 3.58. The topological polar surface area (TPSA) is 83.0 Å². The molecule has 7 nitrogen and oxygen atoms in total. The number of aromatic nitrogens is 1. The van der Waals surface area contributed by atoms with Crippen LogP contribution in [0.2, 0.25) is 0 Å². The predicted octanol–water partition coefficient (Wildman–Crippen LogP) is 1.56. The molecule has 1 atom stereocenters. The largest absolute Gasteiger partial charge is 0.465 e. The van der Waals surface area contributed by atoms with Gasteiger partial charge in [-0.1, -0.05) is 6.07 Å². The highest BCUT2D eigenvalue weighted by atomic mass is 16.5. The highest BCUT2D eigenvalue weighted by molar-refractivity contribution is 5.77. The van der Waals surface area contributed by atoms with E-state index in [0.717, 1.165) is 38.4 Å². The molecule has 0 radical (unpaired) electrons. The van der Waals surface area contributed by atoms with Gasteiger partial charge in [0, 0.05) is 56.6 Å². The number of pyridine rings is 1. The van der Waals surface area contributed by atoms with E-state index >= 15 is 0 Å². The molecule has 3 fully saturated rings. The van der Waals surface area contributed by atoms with Gasteiger partial charge in [0.15, 0.2) is 0 Å². The second-order valence-corrected chi connectivity index (χ2v) is 8.99. The van der Waals surface area contributed by atoms with Crippen molar-refractivity contribution < 1.29 is 19.4 Å². The Balaban J connectivity index is 1.20. The van der Waals surface area contributed by atoms with Gasteiger partial charge in [0.05, 0.1) is 18.6 Å². The van der Waals surface area contributed by atoms with Crippen LogP contribution in [0.3, 0.4) is 0 Å². The van der Waals surface area contributed by atoms with E-state index in [1.807, 2.05) is 31.0 Å². The Kier molecular flexibility index (Phi) is 5.04. The molecule has 1 aromatic rings. The van der Waals surface area contributed by atoms with Crippen molar-refractivity contribution in [3.05, 3.63) is 23.9 Å². The number of rotatable bonds is 6. The second-order valence-electron chi connectivity index (χ2n) is 8.99. The van der Waals surface area contributed by atoms with E-state index in [2.05, 4.69) is 16.0 Å². The summed E-state index contributed by atoms with van der Waals surface area (Å²) in [7, 11) is 0. The number of hydrogen-bond donors (Lipinski definition) is 1. The van der Waals surface area contributed by atoms with Gasteiger partial charge in [-0.2, -0.15) is 0 Å². The Labute approximate surface area is 165 Å². The highest BCUT2D eigenvalue weighted by Crippen LogP contribution is 2.32. The van der Waals surface area contributed by atoms with Crippen LogP contribution in [0.1, 0.15) is 44.6 Å². The van der Waals surface area contributed by atoms with Crippen molar-refractivity contribution in [3.63, 3.8) is 0 Å². The maximum Gasteiger partial charge on any atom is 0.306 e. The molecule has 4 heterocycles. The molecule has 0 aliphatic carbocycles. The Morgan fingerprint density at radius 3 is 2.61 bits per heavy atom. The minimum atomic E-state index is -0.640. The van der Waals surface area contributed by atoms with E-state index in [1.54, 1.807) is 0 Å². The zero-order chi connectivity index (χ0) is 19.9. The van der Waals surface area contributed by atoms with Gasteiger partial charge in [0.1, 0.15) is 5.82 Å². The molecular formula is C21H29N3O4. The summed E-state index contributed by atoms with van der Waals surface area (Å²) in [5.74, 6) is 1.80. The lowest BCUT2D eigenvalue weighted by Gasteiger charge is -2.46. The molecule has 3 aliphatic heterocycles. The predicted molar refractivity (Wildman–Crippen MR) is 104 cm³/mol. The van der Waals surface area contributed by atoms with E-state index in [9.17, 15) is 14.7 Å². The smallest absolute Gasteiger partial charge is 0.306 e. The average molecular weight is 387 g/mol.